The number of nitrogens with zero attached hydrogens (tertiary/aromatic N) is 1. The van der Waals surface area contributed by atoms with E-state index in [-0.39, 0.29) is 24.2 Å². The number of aliphatic carboxylic acids is 1. The Balaban J connectivity index is 1.69. The van der Waals surface area contributed by atoms with Gasteiger partial charge in [0.25, 0.3) is 5.91 Å². The van der Waals surface area contributed by atoms with Crippen molar-refractivity contribution in [3.05, 3.63) is 58.6 Å². The van der Waals surface area contributed by atoms with Crippen LogP contribution in [0.1, 0.15) is 41.6 Å². The molecule has 0 radical (unpaired) electrons. The summed E-state index contributed by atoms with van der Waals surface area (Å²) in [7, 11) is 0. The third kappa shape index (κ3) is 6.45. The lowest BCUT2D eigenvalue weighted by atomic mass is 10.0. The molecule has 1 aliphatic rings. The van der Waals surface area contributed by atoms with Crippen LogP contribution in [0, 0.1) is 5.41 Å². The van der Waals surface area contributed by atoms with Gasteiger partial charge >= 0.3 is 5.97 Å². The maximum absolute atomic E-state index is 12.9. The summed E-state index contributed by atoms with van der Waals surface area (Å²) in [5.74, 6) is -1.14. The van der Waals surface area contributed by atoms with E-state index in [0.717, 1.165) is 25.8 Å². The highest BCUT2D eigenvalue weighted by Crippen LogP contribution is 2.24. The minimum Gasteiger partial charge on any atom is -0.481 e. The quantitative estimate of drug-likeness (QED) is 0.288. The first-order chi connectivity index (χ1) is 15.3. The van der Waals surface area contributed by atoms with E-state index >= 15 is 0 Å². The molecule has 1 unspecified atom stereocenters. The number of nitrogens with one attached hydrogen (secondary N) is 3. The lowest BCUT2D eigenvalue weighted by molar-refractivity contribution is -0.137. The molecule has 1 amide bonds. The summed E-state index contributed by atoms with van der Waals surface area (Å²) < 4.78 is 0. The fourth-order valence-electron chi connectivity index (χ4n) is 3.84. The Kier molecular flexibility index (Phi) is 8.08. The largest absolute Gasteiger partial charge is 0.481 e. The number of piperidine rings is 1. The van der Waals surface area contributed by atoms with Gasteiger partial charge in [0.15, 0.2) is 0 Å². The minimum absolute atomic E-state index is 0.0377. The molecule has 1 aliphatic heterocycles. The lowest BCUT2D eigenvalue weighted by Crippen LogP contribution is -2.44. The molecule has 6 N–H and O–H groups in total. The number of carboxylic acid groups (broad SMARTS) is 1. The molecule has 9 heteroatoms. The molecular weight excluding hydrogens is 430 g/mol. The van der Waals surface area contributed by atoms with Crippen LogP contribution in [0.5, 0.6) is 0 Å². The Morgan fingerprint density at radius 1 is 1.19 bits per heavy atom. The molecule has 0 bridgehead atoms. The van der Waals surface area contributed by atoms with Crippen molar-refractivity contribution in [2.45, 2.75) is 31.7 Å². The summed E-state index contributed by atoms with van der Waals surface area (Å²) in [5, 5.41) is 23.1. The molecule has 8 nitrogen and oxygen atoms in total. The van der Waals surface area contributed by atoms with E-state index in [9.17, 15) is 9.59 Å². The van der Waals surface area contributed by atoms with Crippen molar-refractivity contribution in [2.24, 2.45) is 5.73 Å². The fourth-order valence-corrected chi connectivity index (χ4v) is 4.01. The number of amides is 1. The zero-order chi connectivity index (χ0) is 23.1. The van der Waals surface area contributed by atoms with E-state index in [1.807, 2.05) is 0 Å². The molecule has 0 saturated carbocycles. The molecule has 1 saturated heterocycles. The minimum atomic E-state index is -0.796. The van der Waals surface area contributed by atoms with Gasteiger partial charge in [-0.05, 0) is 61.9 Å². The SMILES string of the molecule is N=C(N)c1ccc(NC(=O)c2cc(Cl)ccc2NCC2CCCCN2CCC(=O)O)cc1. The van der Waals surface area contributed by atoms with Crippen molar-refractivity contribution < 1.29 is 14.7 Å². The van der Waals surface area contributed by atoms with E-state index in [4.69, 9.17) is 27.9 Å². The Hall–Kier alpha value is -3.10. The highest BCUT2D eigenvalue weighted by Gasteiger charge is 2.23. The van der Waals surface area contributed by atoms with Crippen LogP contribution >= 0.6 is 11.6 Å². The van der Waals surface area contributed by atoms with Crippen LogP contribution in [0.15, 0.2) is 42.5 Å². The van der Waals surface area contributed by atoms with Crippen LogP contribution in [0.3, 0.4) is 0 Å². The molecule has 2 aromatic carbocycles. The summed E-state index contributed by atoms with van der Waals surface area (Å²) in [6, 6.07) is 12.0. The number of nitrogens with two attached hydrogens (primary N) is 1. The average Bonchev–Trinajstić information content (AvgIpc) is 2.77. The molecule has 0 aromatic heterocycles. The van der Waals surface area contributed by atoms with Crippen molar-refractivity contribution >= 4 is 40.7 Å². The summed E-state index contributed by atoms with van der Waals surface area (Å²) in [6.45, 7) is 2.00. The number of nitrogen functional groups attached to an aromatic ring is 1. The summed E-state index contributed by atoms with van der Waals surface area (Å²) in [6.07, 6.45) is 3.25. The van der Waals surface area contributed by atoms with Gasteiger partial charge in [-0.3, -0.25) is 19.9 Å². The zero-order valence-corrected chi connectivity index (χ0v) is 18.5. The highest BCUT2D eigenvalue weighted by molar-refractivity contribution is 6.31. The smallest absolute Gasteiger partial charge is 0.304 e. The number of hydrogen-bond acceptors (Lipinski definition) is 5. The standard InChI is InChI=1S/C23H28ClN5O3/c24-16-6-9-20(27-14-18-3-1-2-11-29(18)12-10-21(30)31)19(13-16)23(32)28-17-7-4-15(5-8-17)22(25)26/h4-9,13,18,27H,1-3,10-12,14H2,(H3,25,26)(H,28,32)(H,30,31). The van der Waals surface area contributed by atoms with Gasteiger partial charge in [-0.25, -0.2) is 0 Å². The van der Waals surface area contributed by atoms with Crippen LogP contribution in [0.2, 0.25) is 5.02 Å². The van der Waals surface area contributed by atoms with Crippen molar-refractivity contribution in [2.75, 3.05) is 30.3 Å². The van der Waals surface area contributed by atoms with E-state index in [1.54, 1.807) is 42.5 Å². The number of carboxylic acids is 1. The van der Waals surface area contributed by atoms with Gasteiger partial charge in [-0.1, -0.05) is 18.0 Å². The van der Waals surface area contributed by atoms with E-state index in [1.165, 1.54) is 0 Å². The number of amidine groups is 1. The number of rotatable bonds is 9. The second kappa shape index (κ2) is 11.0. The summed E-state index contributed by atoms with van der Waals surface area (Å²) >= 11 is 6.15. The predicted octanol–water partition coefficient (Wildman–Crippen LogP) is 3.62. The topological polar surface area (TPSA) is 132 Å². The number of carbonyl (C=O) groups is 2. The van der Waals surface area contributed by atoms with Crippen LogP contribution in [-0.4, -0.2) is 53.4 Å². The van der Waals surface area contributed by atoms with E-state index < -0.39 is 5.97 Å². The Bertz CT molecular complexity index is 980. The first-order valence-electron chi connectivity index (χ1n) is 10.6. The second-order valence-corrected chi connectivity index (χ2v) is 8.28. The van der Waals surface area contributed by atoms with Gasteiger partial charge in [-0.2, -0.15) is 0 Å². The number of likely N-dealkylation sites (tertiary alicyclic amines) is 1. The molecule has 32 heavy (non-hydrogen) atoms. The Morgan fingerprint density at radius 2 is 1.94 bits per heavy atom. The van der Waals surface area contributed by atoms with Crippen LogP contribution in [0.4, 0.5) is 11.4 Å². The van der Waals surface area contributed by atoms with Gasteiger partial charge < -0.3 is 21.5 Å². The van der Waals surface area contributed by atoms with Gasteiger partial charge in [0, 0.05) is 41.1 Å². The number of halogens is 1. The number of benzene rings is 2. The maximum Gasteiger partial charge on any atom is 0.304 e. The van der Waals surface area contributed by atoms with Crippen LogP contribution in [-0.2, 0) is 4.79 Å². The molecule has 0 spiro atoms. The fraction of sp³-hybridized carbons (Fsp3) is 0.348. The normalized spacial score (nSPS) is 16.3. The maximum atomic E-state index is 12.9. The monoisotopic (exact) mass is 457 g/mol. The van der Waals surface area contributed by atoms with Crippen molar-refractivity contribution in [1.82, 2.24) is 4.90 Å². The average molecular weight is 458 g/mol. The molecule has 170 valence electrons. The van der Waals surface area contributed by atoms with E-state index in [0.29, 0.717) is 40.6 Å². The van der Waals surface area contributed by atoms with Gasteiger partial charge in [0.1, 0.15) is 5.84 Å². The third-order valence-corrected chi connectivity index (χ3v) is 5.81. The summed E-state index contributed by atoms with van der Waals surface area (Å²) in [4.78, 5) is 26.1. The first-order valence-corrected chi connectivity index (χ1v) is 11.0. The molecule has 1 fully saturated rings. The van der Waals surface area contributed by atoms with Crippen molar-refractivity contribution in [3.8, 4) is 0 Å². The van der Waals surface area contributed by atoms with Gasteiger partial charge in [0.2, 0.25) is 0 Å². The van der Waals surface area contributed by atoms with Gasteiger partial charge in [-0.15, -0.1) is 0 Å². The van der Waals surface area contributed by atoms with Crippen LogP contribution in [0.25, 0.3) is 0 Å². The number of carbonyl (C=O) groups excluding carboxylic acids is 1. The lowest BCUT2D eigenvalue weighted by Gasteiger charge is -2.35. The molecule has 0 aliphatic carbocycles. The molecule has 3 rings (SSSR count). The first kappa shape index (κ1) is 23.6. The van der Waals surface area contributed by atoms with Crippen molar-refractivity contribution in [3.63, 3.8) is 0 Å². The summed E-state index contributed by atoms with van der Waals surface area (Å²) in [5.41, 5.74) is 7.71. The Labute approximate surface area is 192 Å². The number of hydrogen-bond donors (Lipinski definition) is 5. The predicted molar refractivity (Wildman–Crippen MR) is 127 cm³/mol. The van der Waals surface area contributed by atoms with Gasteiger partial charge in [0.05, 0.1) is 12.0 Å². The molecular formula is C23H28ClN5O3. The molecule has 1 heterocycles. The number of anilines is 2. The van der Waals surface area contributed by atoms with Crippen molar-refractivity contribution in [1.29, 1.82) is 5.41 Å². The van der Waals surface area contributed by atoms with E-state index in [2.05, 4.69) is 15.5 Å². The second-order valence-electron chi connectivity index (χ2n) is 7.85. The zero-order valence-electron chi connectivity index (χ0n) is 17.7. The molecule has 2 aromatic rings. The Morgan fingerprint density at radius 3 is 2.62 bits per heavy atom. The van der Waals surface area contributed by atoms with Crippen LogP contribution < -0.4 is 16.4 Å². The molecule has 1 atom stereocenters. The third-order valence-electron chi connectivity index (χ3n) is 5.57. The highest BCUT2D eigenvalue weighted by atomic mass is 35.5.